The fourth-order valence-electron chi connectivity index (χ4n) is 14.1. The van der Waals surface area contributed by atoms with Gasteiger partial charge in [0.2, 0.25) is 0 Å². The number of hydrogen-bond donors (Lipinski definition) is 0. The van der Waals surface area contributed by atoms with Crippen LogP contribution in [0.4, 0.5) is 0 Å². The van der Waals surface area contributed by atoms with Gasteiger partial charge in [0.25, 0.3) is 0 Å². The summed E-state index contributed by atoms with van der Waals surface area (Å²) in [4.78, 5) is 0. The normalized spacial score (nSPS) is 16.7. The van der Waals surface area contributed by atoms with Crippen LogP contribution < -0.4 is 0 Å². The van der Waals surface area contributed by atoms with E-state index in [-0.39, 0.29) is 21.7 Å². The minimum absolute atomic E-state index is 0.129. The van der Waals surface area contributed by atoms with Gasteiger partial charge in [0, 0.05) is 54.6 Å². The van der Waals surface area contributed by atoms with E-state index in [0.717, 1.165) is 0 Å². The lowest BCUT2D eigenvalue weighted by Gasteiger charge is -2.22. The first-order valence-corrected chi connectivity index (χ1v) is 24.6. The first kappa shape index (κ1) is 38.7. The highest BCUT2D eigenvalue weighted by Crippen LogP contribution is 2.56. The van der Waals surface area contributed by atoms with Crippen molar-refractivity contribution in [3.05, 3.63) is 214 Å². The molecular formula is C66H52N2. The summed E-state index contributed by atoms with van der Waals surface area (Å²) in [5, 5.41) is 5.20. The van der Waals surface area contributed by atoms with Crippen LogP contribution in [0.3, 0.4) is 0 Å². The Morgan fingerprint density at radius 3 is 0.750 bits per heavy atom. The predicted molar refractivity (Wildman–Crippen MR) is 285 cm³/mol. The van der Waals surface area contributed by atoms with E-state index in [1.54, 1.807) is 0 Å². The molecule has 11 aromatic rings. The lowest BCUT2D eigenvalue weighted by atomic mass is 9.82. The van der Waals surface area contributed by atoms with Crippen LogP contribution in [0.2, 0.25) is 0 Å². The second-order valence-electron chi connectivity index (χ2n) is 22.5. The van der Waals surface area contributed by atoms with Gasteiger partial charge in [-0.2, -0.15) is 0 Å². The van der Waals surface area contributed by atoms with E-state index < -0.39 is 0 Å². The summed E-state index contributed by atoms with van der Waals surface area (Å²) in [6.45, 7) is 19.2. The van der Waals surface area contributed by atoms with Crippen LogP contribution in [-0.4, -0.2) is 9.13 Å². The number of aromatic nitrogens is 2. The predicted octanol–water partition coefficient (Wildman–Crippen LogP) is 17.1. The van der Waals surface area contributed by atoms with Crippen LogP contribution in [0.15, 0.2) is 170 Å². The highest BCUT2D eigenvalue weighted by Gasteiger charge is 2.41. The summed E-state index contributed by atoms with van der Waals surface area (Å²) in [7, 11) is 0. The van der Waals surface area contributed by atoms with Gasteiger partial charge in [-0.05, 0) is 156 Å². The Bertz CT molecular complexity index is 3630. The van der Waals surface area contributed by atoms with Crippen LogP contribution >= 0.6 is 0 Å². The topological polar surface area (TPSA) is 9.86 Å². The third-order valence-electron chi connectivity index (χ3n) is 17.7. The fraction of sp³-hybridized carbons (Fsp3) is 0.182. The molecule has 0 atom stereocenters. The maximum atomic E-state index is 2.59. The van der Waals surface area contributed by atoms with E-state index in [1.807, 2.05) is 0 Å². The number of nitrogens with zero attached hydrogens (tertiary/aromatic N) is 2. The first-order chi connectivity index (χ1) is 32.7. The van der Waals surface area contributed by atoms with Gasteiger partial charge < -0.3 is 9.13 Å². The molecule has 0 N–H and O–H groups in total. The van der Waals surface area contributed by atoms with Crippen molar-refractivity contribution in [2.75, 3.05) is 0 Å². The molecule has 9 aromatic carbocycles. The molecule has 0 fully saturated rings. The second kappa shape index (κ2) is 12.4. The maximum Gasteiger partial charge on any atom is 0.0544 e. The molecule has 0 aliphatic heterocycles. The maximum absolute atomic E-state index is 2.59. The van der Waals surface area contributed by atoms with Crippen LogP contribution in [0.25, 0.3) is 99.5 Å². The first-order valence-electron chi connectivity index (χ1n) is 24.6. The summed E-state index contributed by atoms with van der Waals surface area (Å²) >= 11 is 0. The van der Waals surface area contributed by atoms with Gasteiger partial charge in [-0.15, -0.1) is 0 Å². The Kier molecular flexibility index (Phi) is 7.03. The SMILES string of the molecule is CC1(C)c2ccccc2-c2cc3c4cc5c(cc4n(-c4cccc(-n6c7cc8c(cc7c7cc9c(cc76)C(C)(C)c6ccccc6-9)-c6ccccc6C8(C)C)c4)c3cc21)C(C)(C)c1ccccc1-5. The molecule has 2 aromatic heterocycles. The van der Waals surface area contributed by atoms with Crippen molar-refractivity contribution in [1.29, 1.82) is 0 Å². The molecule has 0 unspecified atom stereocenters. The number of benzene rings is 9. The minimum atomic E-state index is -0.129. The highest BCUT2D eigenvalue weighted by molar-refractivity contribution is 6.15. The largest absolute Gasteiger partial charge is 0.309 e. The summed E-state index contributed by atoms with van der Waals surface area (Å²) in [6, 6.07) is 65.9. The molecule has 326 valence electrons. The summed E-state index contributed by atoms with van der Waals surface area (Å²) in [5.41, 5.74) is 28.8. The number of rotatable bonds is 2. The molecule has 4 aliphatic rings. The molecule has 0 amide bonds. The third kappa shape index (κ3) is 4.55. The average molecular weight is 873 g/mol. The van der Waals surface area contributed by atoms with Crippen molar-refractivity contribution in [3.8, 4) is 55.9 Å². The molecule has 0 bridgehead atoms. The Labute approximate surface area is 398 Å². The lowest BCUT2D eigenvalue weighted by Crippen LogP contribution is -2.15. The molecule has 0 radical (unpaired) electrons. The van der Waals surface area contributed by atoms with Crippen LogP contribution in [0.1, 0.15) is 99.9 Å². The van der Waals surface area contributed by atoms with Gasteiger partial charge in [0.05, 0.1) is 22.1 Å². The van der Waals surface area contributed by atoms with Gasteiger partial charge in [-0.25, -0.2) is 0 Å². The molecule has 0 saturated heterocycles. The fourth-order valence-corrected chi connectivity index (χ4v) is 14.1. The van der Waals surface area contributed by atoms with E-state index >= 15 is 0 Å². The standard InChI is InChI=1S/C66H52N2/c1-63(2)51-24-13-9-20-39(51)43-29-47-48-30-44-40-21-10-14-25-52(40)64(3,4)56(44)34-60(48)67(59(47)33-55(43)63)37-18-17-19-38(28-37)68-61-35-57-45(41-22-11-15-26-53(41)65(57,5)6)31-49(61)50-32-46-42-23-12-16-27-54(42)66(7,8)58(46)36-62(50)68/h9-36H,1-8H3. The summed E-state index contributed by atoms with van der Waals surface area (Å²) in [5.74, 6) is 0. The van der Waals surface area contributed by atoms with E-state index in [4.69, 9.17) is 0 Å². The van der Waals surface area contributed by atoms with E-state index in [1.165, 1.54) is 144 Å². The Hall–Kier alpha value is -7.42. The quantitative estimate of drug-likeness (QED) is 0.164. The molecule has 0 saturated carbocycles. The van der Waals surface area contributed by atoms with Gasteiger partial charge in [-0.1, -0.05) is 159 Å². The second-order valence-corrected chi connectivity index (χ2v) is 22.5. The molecular weight excluding hydrogens is 821 g/mol. The Morgan fingerprint density at radius 1 is 0.235 bits per heavy atom. The zero-order valence-corrected chi connectivity index (χ0v) is 40.1. The minimum Gasteiger partial charge on any atom is -0.309 e. The number of fused-ring (bicyclic) bond motifs is 18. The van der Waals surface area contributed by atoms with Gasteiger partial charge >= 0.3 is 0 Å². The van der Waals surface area contributed by atoms with Crippen molar-refractivity contribution in [2.24, 2.45) is 0 Å². The van der Waals surface area contributed by atoms with Crippen molar-refractivity contribution in [2.45, 2.75) is 77.0 Å². The van der Waals surface area contributed by atoms with Crippen molar-refractivity contribution >= 4 is 43.6 Å². The van der Waals surface area contributed by atoms with Crippen molar-refractivity contribution in [3.63, 3.8) is 0 Å². The Morgan fingerprint density at radius 2 is 0.485 bits per heavy atom. The van der Waals surface area contributed by atoms with Crippen molar-refractivity contribution in [1.82, 2.24) is 9.13 Å². The van der Waals surface area contributed by atoms with Crippen LogP contribution in [0, 0.1) is 0 Å². The zero-order valence-electron chi connectivity index (χ0n) is 40.1. The van der Waals surface area contributed by atoms with Crippen LogP contribution in [0.5, 0.6) is 0 Å². The molecule has 2 heterocycles. The van der Waals surface area contributed by atoms with Crippen molar-refractivity contribution < 1.29 is 0 Å². The van der Waals surface area contributed by atoms with Gasteiger partial charge in [0.15, 0.2) is 0 Å². The smallest absolute Gasteiger partial charge is 0.0544 e. The molecule has 15 rings (SSSR count). The molecule has 2 nitrogen and oxygen atoms in total. The van der Waals surface area contributed by atoms with Gasteiger partial charge in [-0.3, -0.25) is 0 Å². The van der Waals surface area contributed by atoms with Crippen LogP contribution in [-0.2, 0) is 21.7 Å². The average Bonchev–Trinajstić information content (AvgIpc) is 4.09. The molecule has 68 heavy (non-hydrogen) atoms. The van der Waals surface area contributed by atoms with E-state index in [0.29, 0.717) is 0 Å². The van der Waals surface area contributed by atoms with E-state index in [9.17, 15) is 0 Å². The molecule has 4 aliphatic carbocycles. The monoisotopic (exact) mass is 872 g/mol. The van der Waals surface area contributed by atoms with E-state index in [2.05, 4.69) is 234 Å². The zero-order chi connectivity index (χ0) is 46.0. The molecule has 2 heteroatoms. The summed E-state index contributed by atoms with van der Waals surface area (Å²) in [6.07, 6.45) is 0. The third-order valence-corrected chi connectivity index (χ3v) is 17.7. The number of hydrogen-bond acceptors (Lipinski definition) is 0. The lowest BCUT2D eigenvalue weighted by molar-refractivity contribution is 0.660. The molecule has 0 spiro atoms. The highest BCUT2D eigenvalue weighted by atomic mass is 15.0. The van der Waals surface area contributed by atoms with Gasteiger partial charge in [0.1, 0.15) is 0 Å². The Balaban J connectivity index is 1.03. The summed E-state index contributed by atoms with van der Waals surface area (Å²) < 4.78 is 5.19.